The van der Waals surface area contributed by atoms with Gasteiger partial charge in [-0.05, 0) is 13.3 Å². The summed E-state index contributed by atoms with van der Waals surface area (Å²) in [5.74, 6) is 0. The molecule has 1 unspecified atom stereocenters. The summed E-state index contributed by atoms with van der Waals surface area (Å²) in [6, 6.07) is 0.523. The van der Waals surface area contributed by atoms with Gasteiger partial charge in [-0.15, -0.1) is 11.3 Å². The number of nitrogens with zero attached hydrogens (tertiary/aromatic N) is 1. The lowest BCUT2D eigenvalue weighted by Crippen LogP contribution is -2.29. The molecule has 0 fully saturated rings. The maximum absolute atomic E-state index is 5.01. The standard InChI is InChI=1S/C10H18N2OS/c1-9(4-7-13-2)11-5-3-10-12-6-8-14-10/h6,8-9,11H,3-5,7H2,1-2H3. The van der Waals surface area contributed by atoms with Crippen molar-refractivity contribution in [2.24, 2.45) is 0 Å². The summed E-state index contributed by atoms with van der Waals surface area (Å²) in [5, 5.41) is 6.66. The zero-order chi connectivity index (χ0) is 10.2. The van der Waals surface area contributed by atoms with Gasteiger partial charge in [-0.25, -0.2) is 4.98 Å². The van der Waals surface area contributed by atoms with Crippen molar-refractivity contribution < 1.29 is 4.74 Å². The van der Waals surface area contributed by atoms with Crippen LogP contribution in [0.3, 0.4) is 0 Å². The first-order chi connectivity index (χ1) is 6.83. The van der Waals surface area contributed by atoms with E-state index in [1.807, 2.05) is 11.6 Å². The second-order valence-corrected chi connectivity index (χ2v) is 4.29. The smallest absolute Gasteiger partial charge is 0.0937 e. The molecule has 1 aromatic heterocycles. The molecule has 0 saturated heterocycles. The van der Waals surface area contributed by atoms with Gasteiger partial charge in [0.05, 0.1) is 5.01 Å². The van der Waals surface area contributed by atoms with E-state index in [0.29, 0.717) is 6.04 Å². The molecule has 0 saturated carbocycles. The summed E-state index contributed by atoms with van der Waals surface area (Å²) in [6.45, 7) is 4.00. The average molecular weight is 214 g/mol. The molecule has 0 aliphatic rings. The molecule has 14 heavy (non-hydrogen) atoms. The predicted octanol–water partition coefficient (Wildman–Crippen LogP) is 1.70. The lowest BCUT2D eigenvalue weighted by molar-refractivity contribution is 0.185. The lowest BCUT2D eigenvalue weighted by atomic mass is 10.2. The topological polar surface area (TPSA) is 34.1 Å². The Balaban J connectivity index is 2.03. The van der Waals surface area contributed by atoms with Crippen LogP contribution in [0.25, 0.3) is 0 Å². The molecule has 0 aromatic carbocycles. The predicted molar refractivity (Wildman–Crippen MR) is 59.8 cm³/mol. The van der Waals surface area contributed by atoms with Gasteiger partial charge < -0.3 is 10.1 Å². The summed E-state index contributed by atoms with van der Waals surface area (Å²) in [4.78, 5) is 4.23. The molecule has 1 aromatic rings. The van der Waals surface area contributed by atoms with Crippen LogP contribution < -0.4 is 5.32 Å². The molecule has 0 spiro atoms. The summed E-state index contributed by atoms with van der Waals surface area (Å²) >= 11 is 1.72. The Bertz CT molecular complexity index is 226. The number of ether oxygens (including phenoxy) is 1. The quantitative estimate of drug-likeness (QED) is 0.750. The Morgan fingerprint density at radius 1 is 1.64 bits per heavy atom. The Morgan fingerprint density at radius 3 is 3.14 bits per heavy atom. The van der Waals surface area contributed by atoms with Crippen LogP contribution in [0.15, 0.2) is 11.6 Å². The van der Waals surface area contributed by atoms with E-state index in [4.69, 9.17) is 4.74 Å². The van der Waals surface area contributed by atoms with Gasteiger partial charge in [0, 0.05) is 44.3 Å². The van der Waals surface area contributed by atoms with Gasteiger partial charge in [0.15, 0.2) is 0 Å². The molecule has 1 heterocycles. The van der Waals surface area contributed by atoms with E-state index in [9.17, 15) is 0 Å². The van der Waals surface area contributed by atoms with Crippen molar-refractivity contribution >= 4 is 11.3 Å². The Hall–Kier alpha value is -0.450. The molecule has 3 nitrogen and oxygen atoms in total. The molecule has 1 atom stereocenters. The highest BCUT2D eigenvalue weighted by Crippen LogP contribution is 2.03. The van der Waals surface area contributed by atoms with Gasteiger partial charge in [0.25, 0.3) is 0 Å². The monoisotopic (exact) mass is 214 g/mol. The van der Waals surface area contributed by atoms with E-state index in [2.05, 4.69) is 17.2 Å². The summed E-state index contributed by atoms with van der Waals surface area (Å²) in [7, 11) is 1.74. The maximum Gasteiger partial charge on any atom is 0.0937 e. The third-order valence-corrected chi connectivity index (χ3v) is 2.91. The highest BCUT2D eigenvalue weighted by molar-refractivity contribution is 7.09. The zero-order valence-electron chi connectivity index (χ0n) is 8.82. The molecule has 0 aliphatic carbocycles. The number of hydrogen-bond acceptors (Lipinski definition) is 4. The molecular weight excluding hydrogens is 196 g/mol. The molecule has 1 rings (SSSR count). The second kappa shape index (κ2) is 6.92. The third-order valence-electron chi connectivity index (χ3n) is 2.07. The van der Waals surface area contributed by atoms with Crippen molar-refractivity contribution in [3.63, 3.8) is 0 Å². The molecule has 0 aliphatic heterocycles. The van der Waals surface area contributed by atoms with Gasteiger partial charge in [0.1, 0.15) is 0 Å². The zero-order valence-corrected chi connectivity index (χ0v) is 9.64. The fourth-order valence-electron chi connectivity index (χ4n) is 1.20. The minimum Gasteiger partial charge on any atom is -0.385 e. The van der Waals surface area contributed by atoms with Crippen LogP contribution in [0.2, 0.25) is 0 Å². The van der Waals surface area contributed by atoms with Crippen LogP contribution in [-0.2, 0) is 11.2 Å². The SMILES string of the molecule is COCCC(C)NCCc1nccs1. The van der Waals surface area contributed by atoms with Crippen LogP contribution in [0.5, 0.6) is 0 Å². The second-order valence-electron chi connectivity index (χ2n) is 3.31. The number of nitrogens with one attached hydrogen (secondary N) is 1. The van der Waals surface area contributed by atoms with Gasteiger partial charge >= 0.3 is 0 Å². The summed E-state index contributed by atoms with van der Waals surface area (Å²) < 4.78 is 5.01. The van der Waals surface area contributed by atoms with Crippen molar-refractivity contribution in [2.45, 2.75) is 25.8 Å². The van der Waals surface area contributed by atoms with E-state index < -0.39 is 0 Å². The number of hydrogen-bond donors (Lipinski definition) is 1. The molecule has 80 valence electrons. The Labute approximate surface area is 89.5 Å². The summed E-state index contributed by atoms with van der Waals surface area (Å²) in [5.41, 5.74) is 0. The van der Waals surface area contributed by atoms with Crippen LogP contribution in [0.4, 0.5) is 0 Å². The van der Waals surface area contributed by atoms with Crippen LogP contribution in [0.1, 0.15) is 18.4 Å². The number of methoxy groups -OCH3 is 1. The van der Waals surface area contributed by atoms with E-state index in [1.54, 1.807) is 18.4 Å². The minimum absolute atomic E-state index is 0.523. The van der Waals surface area contributed by atoms with Crippen molar-refractivity contribution in [3.8, 4) is 0 Å². The van der Waals surface area contributed by atoms with Crippen molar-refractivity contribution in [1.29, 1.82) is 0 Å². The number of rotatable bonds is 7. The highest BCUT2D eigenvalue weighted by atomic mass is 32.1. The van der Waals surface area contributed by atoms with Crippen LogP contribution >= 0.6 is 11.3 Å². The number of thiazole rings is 1. The van der Waals surface area contributed by atoms with E-state index in [-0.39, 0.29) is 0 Å². The summed E-state index contributed by atoms with van der Waals surface area (Å²) in [6.07, 6.45) is 3.94. The van der Waals surface area contributed by atoms with E-state index in [1.165, 1.54) is 5.01 Å². The normalized spacial score (nSPS) is 13.0. The third kappa shape index (κ3) is 4.69. The molecular formula is C10H18N2OS. The first kappa shape index (κ1) is 11.6. The largest absolute Gasteiger partial charge is 0.385 e. The highest BCUT2D eigenvalue weighted by Gasteiger charge is 2.01. The maximum atomic E-state index is 5.01. The molecule has 1 N–H and O–H groups in total. The van der Waals surface area contributed by atoms with Gasteiger partial charge in [-0.2, -0.15) is 0 Å². The van der Waals surface area contributed by atoms with Crippen molar-refractivity contribution in [1.82, 2.24) is 10.3 Å². The number of aromatic nitrogens is 1. The molecule has 0 radical (unpaired) electrons. The van der Waals surface area contributed by atoms with Gasteiger partial charge in [-0.3, -0.25) is 0 Å². The van der Waals surface area contributed by atoms with E-state index >= 15 is 0 Å². The van der Waals surface area contributed by atoms with Crippen molar-refractivity contribution in [3.05, 3.63) is 16.6 Å². The van der Waals surface area contributed by atoms with Gasteiger partial charge in [-0.1, -0.05) is 0 Å². The van der Waals surface area contributed by atoms with Crippen LogP contribution in [0, 0.1) is 0 Å². The Kier molecular flexibility index (Phi) is 5.75. The average Bonchev–Trinajstić information content (AvgIpc) is 2.67. The molecule has 0 amide bonds. The molecule has 4 heteroatoms. The Morgan fingerprint density at radius 2 is 2.50 bits per heavy atom. The molecule has 0 bridgehead atoms. The first-order valence-electron chi connectivity index (χ1n) is 4.93. The lowest BCUT2D eigenvalue weighted by Gasteiger charge is -2.12. The van der Waals surface area contributed by atoms with Gasteiger partial charge in [0.2, 0.25) is 0 Å². The minimum atomic E-state index is 0.523. The fourth-order valence-corrected chi connectivity index (χ4v) is 1.82. The van der Waals surface area contributed by atoms with Crippen LogP contribution in [-0.4, -0.2) is 31.3 Å². The van der Waals surface area contributed by atoms with E-state index in [0.717, 1.165) is 26.0 Å². The van der Waals surface area contributed by atoms with Crippen molar-refractivity contribution in [2.75, 3.05) is 20.3 Å². The first-order valence-corrected chi connectivity index (χ1v) is 5.81. The fraction of sp³-hybridized carbons (Fsp3) is 0.700.